The Morgan fingerprint density at radius 2 is 1.72 bits per heavy atom. The van der Waals surface area contributed by atoms with Gasteiger partial charge in [0.1, 0.15) is 0 Å². The summed E-state index contributed by atoms with van der Waals surface area (Å²) in [4.78, 5) is 0. The summed E-state index contributed by atoms with van der Waals surface area (Å²) in [7, 11) is 1.90. The number of benzene rings is 1. The van der Waals surface area contributed by atoms with E-state index in [9.17, 15) is 5.11 Å². The maximum atomic E-state index is 9.72. The molecule has 0 aromatic heterocycles. The minimum absolute atomic E-state index is 0.0328. The fraction of sp³-hybridized carbons (Fsp3) is 0.625. The number of nitrogens with one attached hydrogen (secondary N) is 1. The molecule has 1 aromatic rings. The summed E-state index contributed by atoms with van der Waals surface area (Å²) in [6, 6.07) is 8.86. The molecule has 1 fully saturated rings. The highest BCUT2D eigenvalue weighted by Crippen LogP contribution is 2.33. The Morgan fingerprint density at radius 3 is 2.22 bits per heavy atom. The summed E-state index contributed by atoms with van der Waals surface area (Å²) in [6.45, 7) is 1.83. The second-order valence-corrected chi connectivity index (χ2v) is 5.51. The molecule has 1 aliphatic carbocycles. The zero-order chi connectivity index (χ0) is 13.0. The summed E-state index contributed by atoms with van der Waals surface area (Å²) in [5.74, 6) is 0.757. The van der Waals surface area contributed by atoms with Gasteiger partial charge in [-0.1, -0.05) is 43.5 Å². The highest BCUT2D eigenvalue weighted by molar-refractivity contribution is 5.28. The number of rotatable bonds is 4. The number of hydrogen-bond acceptors (Lipinski definition) is 2. The van der Waals surface area contributed by atoms with Crippen LogP contribution in [-0.2, 0) is 0 Å². The predicted octanol–water partition coefficient (Wildman–Crippen LogP) is 3.38. The van der Waals surface area contributed by atoms with E-state index in [4.69, 9.17) is 0 Å². The van der Waals surface area contributed by atoms with E-state index in [-0.39, 0.29) is 12.1 Å². The molecular formula is C16H25NO. The van der Waals surface area contributed by atoms with Crippen LogP contribution in [-0.4, -0.2) is 18.3 Å². The zero-order valence-electron chi connectivity index (χ0n) is 11.5. The van der Waals surface area contributed by atoms with Crippen molar-refractivity contribution in [3.63, 3.8) is 0 Å². The lowest BCUT2D eigenvalue weighted by Gasteiger charge is -2.24. The summed E-state index contributed by atoms with van der Waals surface area (Å²) in [5.41, 5.74) is 2.64. The molecule has 1 aromatic carbocycles. The van der Waals surface area contributed by atoms with Gasteiger partial charge in [-0.05, 0) is 43.9 Å². The lowest BCUT2D eigenvalue weighted by atomic mass is 9.83. The first-order valence-electron chi connectivity index (χ1n) is 7.17. The van der Waals surface area contributed by atoms with E-state index in [1.165, 1.54) is 43.2 Å². The van der Waals surface area contributed by atoms with Gasteiger partial charge in [0.15, 0.2) is 0 Å². The average molecular weight is 247 g/mol. The maximum absolute atomic E-state index is 9.72. The Kier molecular flexibility index (Phi) is 4.79. The number of hydrogen-bond donors (Lipinski definition) is 2. The molecule has 0 saturated heterocycles. The molecule has 1 aliphatic rings. The van der Waals surface area contributed by atoms with Gasteiger partial charge in [-0.25, -0.2) is 0 Å². The molecule has 0 bridgehead atoms. The van der Waals surface area contributed by atoms with Crippen molar-refractivity contribution in [1.29, 1.82) is 0 Å². The molecule has 0 spiro atoms. The van der Waals surface area contributed by atoms with Gasteiger partial charge < -0.3 is 10.4 Å². The van der Waals surface area contributed by atoms with Crippen molar-refractivity contribution < 1.29 is 5.11 Å². The van der Waals surface area contributed by atoms with Gasteiger partial charge in [-0.15, -0.1) is 0 Å². The van der Waals surface area contributed by atoms with Crippen molar-refractivity contribution in [3.8, 4) is 0 Å². The molecule has 2 heteroatoms. The molecule has 2 atom stereocenters. The van der Waals surface area contributed by atoms with Crippen molar-refractivity contribution in [2.75, 3.05) is 7.05 Å². The third-order valence-corrected chi connectivity index (χ3v) is 4.17. The molecule has 18 heavy (non-hydrogen) atoms. The first kappa shape index (κ1) is 13.6. The Labute approximate surface area is 110 Å². The molecule has 1 saturated carbocycles. The topological polar surface area (TPSA) is 32.3 Å². The summed E-state index contributed by atoms with van der Waals surface area (Å²) in [5, 5.41) is 12.9. The van der Waals surface area contributed by atoms with E-state index in [0.29, 0.717) is 0 Å². The molecule has 0 amide bonds. The van der Waals surface area contributed by atoms with Crippen molar-refractivity contribution in [1.82, 2.24) is 5.32 Å². The molecular weight excluding hydrogens is 222 g/mol. The van der Waals surface area contributed by atoms with Gasteiger partial charge in [-0.3, -0.25) is 0 Å². The first-order valence-corrected chi connectivity index (χ1v) is 7.17. The van der Waals surface area contributed by atoms with Crippen LogP contribution >= 0.6 is 0 Å². The minimum Gasteiger partial charge on any atom is -0.391 e. The smallest absolute Gasteiger partial charge is 0.0706 e. The van der Waals surface area contributed by atoms with Crippen LogP contribution in [0.3, 0.4) is 0 Å². The van der Waals surface area contributed by atoms with E-state index >= 15 is 0 Å². The molecule has 0 radical (unpaired) electrons. The molecule has 2 unspecified atom stereocenters. The highest BCUT2D eigenvalue weighted by atomic mass is 16.3. The highest BCUT2D eigenvalue weighted by Gasteiger charge is 2.17. The Bertz CT molecular complexity index is 352. The lowest BCUT2D eigenvalue weighted by Crippen LogP contribution is -2.27. The van der Waals surface area contributed by atoms with Crippen LogP contribution in [0.4, 0.5) is 0 Å². The predicted molar refractivity (Wildman–Crippen MR) is 75.7 cm³/mol. The van der Waals surface area contributed by atoms with E-state index in [1.807, 2.05) is 14.0 Å². The van der Waals surface area contributed by atoms with Crippen molar-refractivity contribution >= 4 is 0 Å². The van der Waals surface area contributed by atoms with E-state index in [0.717, 1.165) is 5.92 Å². The van der Waals surface area contributed by atoms with E-state index in [2.05, 4.69) is 29.6 Å². The van der Waals surface area contributed by atoms with Gasteiger partial charge in [0.05, 0.1) is 12.1 Å². The van der Waals surface area contributed by atoms with Crippen LogP contribution in [0.25, 0.3) is 0 Å². The third-order valence-electron chi connectivity index (χ3n) is 4.17. The molecule has 2 nitrogen and oxygen atoms in total. The summed E-state index contributed by atoms with van der Waals surface area (Å²) in [6.07, 6.45) is 6.46. The van der Waals surface area contributed by atoms with Crippen LogP contribution in [0, 0.1) is 0 Å². The van der Waals surface area contributed by atoms with Crippen molar-refractivity contribution in [3.05, 3.63) is 35.4 Å². The largest absolute Gasteiger partial charge is 0.391 e. The van der Waals surface area contributed by atoms with Crippen LogP contribution < -0.4 is 5.32 Å². The fourth-order valence-corrected chi connectivity index (χ4v) is 3.10. The molecule has 100 valence electrons. The van der Waals surface area contributed by atoms with Crippen molar-refractivity contribution in [2.24, 2.45) is 0 Å². The fourth-order valence-electron chi connectivity index (χ4n) is 3.10. The molecule has 2 N–H and O–H groups in total. The molecule has 2 rings (SSSR count). The molecule has 0 aliphatic heterocycles. The van der Waals surface area contributed by atoms with Crippen molar-refractivity contribution in [2.45, 2.75) is 57.1 Å². The van der Waals surface area contributed by atoms with Gasteiger partial charge in [0.25, 0.3) is 0 Å². The van der Waals surface area contributed by atoms with Crippen LogP contribution in [0.5, 0.6) is 0 Å². The van der Waals surface area contributed by atoms with Gasteiger partial charge >= 0.3 is 0 Å². The first-order chi connectivity index (χ1) is 8.72. The number of aliphatic hydroxyl groups excluding tert-OH is 1. The SMILES string of the molecule is CNC(c1ccc(C2CCCCC2)cc1)C(C)O. The monoisotopic (exact) mass is 247 g/mol. The van der Waals surface area contributed by atoms with Crippen LogP contribution in [0.1, 0.15) is 62.1 Å². The van der Waals surface area contributed by atoms with Gasteiger partial charge in [0.2, 0.25) is 0 Å². The second-order valence-electron chi connectivity index (χ2n) is 5.51. The quantitative estimate of drug-likeness (QED) is 0.855. The van der Waals surface area contributed by atoms with Crippen LogP contribution in [0.2, 0.25) is 0 Å². The third kappa shape index (κ3) is 3.12. The Hall–Kier alpha value is -0.860. The number of likely N-dealkylation sites (N-methyl/N-ethyl adjacent to an activating group) is 1. The normalized spacial score (nSPS) is 20.6. The molecule has 0 heterocycles. The average Bonchev–Trinajstić information content (AvgIpc) is 2.41. The maximum Gasteiger partial charge on any atom is 0.0706 e. The summed E-state index contributed by atoms with van der Waals surface area (Å²) < 4.78 is 0. The van der Waals surface area contributed by atoms with E-state index in [1.54, 1.807) is 0 Å². The Morgan fingerprint density at radius 1 is 1.11 bits per heavy atom. The van der Waals surface area contributed by atoms with Crippen LogP contribution in [0.15, 0.2) is 24.3 Å². The van der Waals surface area contributed by atoms with Gasteiger partial charge in [-0.2, -0.15) is 0 Å². The zero-order valence-corrected chi connectivity index (χ0v) is 11.5. The van der Waals surface area contributed by atoms with E-state index < -0.39 is 0 Å². The van der Waals surface area contributed by atoms with Gasteiger partial charge in [0, 0.05) is 0 Å². The standard InChI is InChI=1S/C16H25NO/c1-12(18)16(17-2)15-10-8-14(9-11-15)13-6-4-3-5-7-13/h8-13,16-18H,3-7H2,1-2H3. The summed E-state index contributed by atoms with van der Waals surface area (Å²) >= 11 is 0. The lowest BCUT2D eigenvalue weighted by molar-refractivity contribution is 0.150. The second kappa shape index (κ2) is 6.35. The Balaban J connectivity index is 2.08. The number of aliphatic hydroxyl groups is 1. The minimum atomic E-state index is -0.365.